The van der Waals surface area contributed by atoms with Gasteiger partial charge >= 0.3 is 0 Å². The molecule has 0 saturated carbocycles. The van der Waals surface area contributed by atoms with Crippen molar-refractivity contribution in [3.8, 4) is 0 Å². The monoisotopic (exact) mass is 264 g/mol. The summed E-state index contributed by atoms with van der Waals surface area (Å²) in [4.78, 5) is 1.25. The first-order chi connectivity index (χ1) is 6.34. The van der Waals surface area contributed by atoms with Crippen molar-refractivity contribution in [2.45, 2.75) is 13.0 Å². The second-order valence-electron chi connectivity index (χ2n) is 2.59. The first-order valence-electron chi connectivity index (χ1n) is 4.13. The average molecular weight is 265 g/mol. The van der Waals surface area contributed by atoms with Crippen LogP contribution < -0.4 is 0 Å². The predicted octanol–water partition coefficient (Wildman–Crippen LogP) is 3.06. The van der Waals surface area contributed by atoms with Crippen molar-refractivity contribution in [1.29, 1.82) is 0 Å². The topological polar surface area (TPSA) is 18.5 Å². The fraction of sp³-hybridized carbons (Fsp3) is 0.556. The number of thiophene rings is 1. The summed E-state index contributed by atoms with van der Waals surface area (Å²) in [5, 5.41) is 2.05. The van der Waals surface area contributed by atoms with Crippen molar-refractivity contribution < 1.29 is 9.47 Å². The van der Waals surface area contributed by atoms with Crippen LogP contribution in [-0.2, 0) is 16.1 Å². The summed E-state index contributed by atoms with van der Waals surface area (Å²) in [6.45, 7) is 2.23. The molecule has 0 amide bonds. The summed E-state index contributed by atoms with van der Waals surface area (Å²) in [6, 6.07) is 2.04. The van der Waals surface area contributed by atoms with Crippen molar-refractivity contribution >= 4 is 27.3 Å². The Labute approximate surface area is 91.0 Å². The highest BCUT2D eigenvalue weighted by molar-refractivity contribution is 9.10. The maximum Gasteiger partial charge on any atom is 0.0820 e. The van der Waals surface area contributed by atoms with Gasteiger partial charge in [-0.05, 0) is 33.8 Å². The Kier molecular flexibility index (Phi) is 5.62. The number of ether oxygens (including phenoxy) is 2. The fourth-order valence-electron chi connectivity index (χ4n) is 0.898. The van der Waals surface area contributed by atoms with Crippen molar-refractivity contribution in [2.24, 2.45) is 0 Å². The zero-order valence-corrected chi connectivity index (χ0v) is 9.99. The molecule has 2 nitrogen and oxygen atoms in total. The first kappa shape index (κ1) is 11.2. The van der Waals surface area contributed by atoms with E-state index in [0.717, 1.165) is 24.1 Å². The van der Waals surface area contributed by atoms with E-state index in [4.69, 9.17) is 9.47 Å². The molecule has 0 aliphatic heterocycles. The second-order valence-corrected chi connectivity index (χ2v) is 4.45. The number of rotatable bonds is 6. The van der Waals surface area contributed by atoms with E-state index in [0.29, 0.717) is 6.61 Å². The van der Waals surface area contributed by atoms with Crippen molar-refractivity contribution in [1.82, 2.24) is 0 Å². The van der Waals surface area contributed by atoms with Crippen LogP contribution in [0.15, 0.2) is 15.9 Å². The van der Waals surface area contributed by atoms with Crippen molar-refractivity contribution in [2.75, 3.05) is 20.3 Å². The van der Waals surface area contributed by atoms with Gasteiger partial charge in [0.2, 0.25) is 0 Å². The lowest BCUT2D eigenvalue weighted by Crippen LogP contribution is -1.98. The summed E-state index contributed by atoms with van der Waals surface area (Å²) in [6.07, 6.45) is 0.958. The molecule has 0 bridgehead atoms. The summed E-state index contributed by atoms with van der Waals surface area (Å²) in [7, 11) is 1.70. The summed E-state index contributed by atoms with van der Waals surface area (Å²) >= 11 is 5.17. The lowest BCUT2D eigenvalue weighted by atomic mass is 10.5. The third-order valence-electron chi connectivity index (χ3n) is 1.56. The largest absolute Gasteiger partial charge is 0.385 e. The van der Waals surface area contributed by atoms with Crippen molar-refractivity contribution in [3.63, 3.8) is 0 Å². The molecule has 74 valence electrons. The highest BCUT2D eigenvalue weighted by Gasteiger charge is 2.00. The molecule has 0 radical (unpaired) electrons. The van der Waals surface area contributed by atoms with Gasteiger partial charge in [-0.3, -0.25) is 0 Å². The molecule has 1 heterocycles. The van der Waals surface area contributed by atoms with Crippen LogP contribution in [0, 0.1) is 0 Å². The zero-order valence-electron chi connectivity index (χ0n) is 7.59. The van der Waals surface area contributed by atoms with E-state index >= 15 is 0 Å². The minimum Gasteiger partial charge on any atom is -0.385 e. The molecule has 13 heavy (non-hydrogen) atoms. The summed E-state index contributed by atoms with van der Waals surface area (Å²) in [5.41, 5.74) is 0. The Hall–Kier alpha value is 0.100. The Morgan fingerprint density at radius 1 is 1.46 bits per heavy atom. The first-order valence-corrected chi connectivity index (χ1v) is 5.80. The van der Waals surface area contributed by atoms with E-state index < -0.39 is 0 Å². The maximum atomic E-state index is 5.46. The molecule has 0 unspecified atom stereocenters. The van der Waals surface area contributed by atoms with Gasteiger partial charge in [0.15, 0.2) is 0 Å². The van der Waals surface area contributed by atoms with Crippen LogP contribution in [0.25, 0.3) is 0 Å². The molecule has 0 saturated heterocycles. The smallest absolute Gasteiger partial charge is 0.0820 e. The van der Waals surface area contributed by atoms with E-state index in [1.54, 1.807) is 18.4 Å². The summed E-state index contributed by atoms with van der Waals surface area (Å²) in [5.74, 6) is 0. The molecular weight excluding hydrogens is 252 g/mol. The predicted molar refractivity (Wildman–Crippen MR) is 58.2 cm³/mol. The molecule has 0 atom stereocenters. The molecule has 0 aliphatic carbocycles. The van der Waals surface area contributed by atoms with Crippen LogP contribution >= 0.6 is 27.3 Å². The third kappa shape index (κ3) is 4.22. The molecule has 4 heteroatoms. The Bertz CT molecular complexity index is 237. The summed E-state index contributed by atoms with van der Waals surface area (Å²) < 4.78 is 11.5. The molecule has 0 aliphatic rings. The van der Waals surface area contributed by atoms with Gasteiger partial charge in [-0.15, -0.1) is 11.3 Å². The van der Waals surface area contributed by atoms with Gasteiger partial charge < -0.3 is 9.47 Å². The average Bonchev–Trinajstić information content (AvgIpc) is 2.52. The van der Waals surface area contributed by atoms with E-state index in [-0.39, 0.29) is 0 Å². The molecule has 0 N–H and O–H groups in total. The standard InChI is InChI=1S/C9H13BrO2S/c1-11-4-2-5-12-7-9-8(10)3-6-13-9/h3,6H,2,4-5,7H2,1H3. The second kappa shape index (κ2) is 6.54. The molecular formula is C9H13BrO2S. The lowest BCUT2D eigenvalue weighted by molar-refractivity contribution is 0.0941. The van der Waals surface area contributed by atoms with E-state index in [1.165, 1.54) is 4.88 Å². The van der Waals surface area contributed by atoms with Crippen LogP contribution in [-0.4, -0.2) is 20.3 Å². The van der Waals surface area contributed by atoms with E-state index in [9.17, 15) is 0 Å². The normalized spacial score (nSPS) is 10.6. The molecule has 1 aromatic heterocycles. The maximum absolute atomic E-state index is 5.46. The highest BCUT2D eigenvalue weighted by Crippen LogP contribution is 2.23. The fourth-order valence-corrected chi connectivity index (χ4v) is 2.30. The van der Waals surface area contributed by atoms with Crippen LogP contribution in [0.2, 0.25) is 0 Å². The number of methoxy groups -OCH3 is 1. The molecule has 0 fully saturated rings. The van der Waals surface area contributed by atoms with Gasteiger partial charge in [-0.2, -0.15) is 0 Å². The van der Waals surface area contributed by atoms with Crippen LogP contribution in [0.5, 0.6) is 0 Å². The minimum absolute atomic E-state index is 0.696. The quantitative estimate of drug-likeness (QED) is 0.736. The van der Waals surface area contributed by atoms with Gasteiger partial charge in [-0.1, -0.05) is 0 Å². The molecule has 1 aromatic rings. The molecule has 0 aromatic carbocycles. The van der Waals surface area contributed by atoms with Crippen LogP contribution in [0.1, 0.15) is 11.3 Å². The van der Waals surface area contributed by atoms with Gasteiger partial charge in [0.1, 0.15) is 0 Å². The van der Waals surface area contributed by atoms with E-state index in [1.807, 2.05) is 6.07 Å². The highest BCUT2D eigenvalue weighted by atomic mass is 79.9. The Morgan fingerprint density at radius 3 is 2.92 bits per heavy atom. The van der Waals surface area contributed by atoms with Gasteiger partial charge in [-0.25, -0.2) is 0 Å². The van der Waals surface area contributed by atoms with Crippen LogP contribution in [0.4, 0.5) is 0 Å². The Balaban J connectivity index is 2.10. The van der Waals surface area contributed by atoms with E-state index in [2.05, 4.69) is 21.3 Å². The SMILES string of the molecule is COCCCOCc1sccc1Br. The van der Waals surface area contributed by atoms with Crippen LogP contribution in [0.3, 0.4) is 0 Å². The van der Waals surface area contributed by atoms with Gasteiger partial charge in [0.25, 0.3) is 0 Å². The molecule has 1 rings (SSSR count). The third-order valence-corrected chi connectivity index (χ3v) is 3.46. The van der Waals surface area contributed by atoms with Gasteiger partial charge in [0.05, 0.1) is 6.61 Å². The molecule has 0 spiro atoms. The van der Waals surface area contributed by atoms with Gasteiger partial charge in [0, 0.05) is 29.7 Å². The number of halogens is 1. The number of hydrogen-bond acceptors (Lipinski definition) is 3. The number of hydrogen-bond donors (Lipinski definition) is 0. The lowest BCUT2D eigenvalue weighted by Gasteiger charge is -2.02. The zero-order chi connectivity index (χ0) is 9.52. The minimum atomic E-state index is 0.696. The Morgan fingerprint density at radius 2 is 2.31 bits per heavy atom. The van der Waals surface area contributed by atoms with Crippen molar-refractivity contribution in [3.05, 3.63) is 20.8 Å².